The molecule has 0 aliphatic heterocycles. The third-order valence-corrected chi connectivity index (χ3v) is 3.75. The normalized spacial score (nSPS) is 24.8. The fraction of sp³-hybridized carbons (Fsp3) is 0.600. The first-order valence-electron chi connectivity index (χ1n) is 6.70. The van der Waals surface area contributed by atoms with Gasteiger partial charge in [-0.2, -0.15) is 0 Å². The number of nitrogens with one attached hydrogen (secondary N) is 1. The van der Waals surface area contributed by atoms with Gasteiger partial charge in [-0.1, -0.05) is 38.0 Å². The molecule has 94 valence electrons. The SMILES string of the molecule is CC1CCCC(CNCc2ccccc2F)C1. The predicted molar refractivity (Wildman–Crippen MR) is 69.2 cm³/mol. The van der Waals surface area contributed by atoms with E-state index in [-0.39, 0.29) is 5.82 Å². The molecule has 0 heterocycles. The molecule has 17 heavy (non-hydrogen) atoms. The van der Waals surface area contributed by atoms with Gasteiger partial charge in [0.15, 0.2) is 0 Å². The van der Waals surface area contributed by atoms with Crippen LogP contribution in [0.4, 0.5) is 4.39 Å². The van der Waals surface area contributed by atoms with Crippen LogP contribution in [0.3, 0.4) is 0 Å². The summed E-state index contributed by atoms with van der Waals surface area (Å²) >= 11 is 0. The minimum atomic E-state index is -0.1000. The van der Waals surface area contributed by atoms with E-state index in [1.807, 2.05) is 12.1 Å². The van der Waals surface area contributed by atoms with Crippen molar-refractivity contribution >= 4 is 0 Å². The Kier molecular flexibility index (Phi) is 4.55. The summed E-state index contributed by atoms with van der Waals surface area (Å²) in [6, 6.07) is 7.01. The zero-order valence-corrected chi connectivity index (χ0v) is 10.6. The van der Waals surface area contributed by atoms with E-state index in [4.69, 9.17) is 0 Å². The van der Waals surface area contributed by atoms with Crippen molar-refractivity contribution in [2.75, 3.05) is 6.54 Å². The Hall–Kier alpha value is -0.890. The Labute approximate surface area is 103 Å². The summed E-state index contributed by atoms with van der Waals surface area (Å²) in [5.74, 6) is 1.55. The molecule has 0 spiro atoms. The second-order valence-electron chi connectivity index (χ2n) is 5.36. The van der Waals surface area contributed by atoms with E-state index in [2.05, 4.69) is 12.2 Å². The van der Waals surface area contributed by atoms with Gasteiger partial charge in [-0.3, -0.25) is 0 Å². The van der Waals surface area contributed by atoms with Gasteiger partial charge >= 0.3 is 0 Å². The van der Waals surface area contributed by atoms with E-state index in [9.17, 15) is 4.39 Å². The lowest BCUT2D eigenvalue weighted by atomic mass is 9.82. The van der Waals surface area contributed by atoms with Crippen LogP contribution in [0.5, 0.6) is 0 Å². The van der Waals surface area contributed by atoms with Gasteiger partial charge in [0, 0.05) is 12.1 Å². The fourth-order valence-electron chi connectivity index (χ4n) is 2.80. The molecule has 1 aliphatic carbocycles. The smallest absolute Gasteiger partial charge is 0.127 e. The third-order valence-electron chi connectivity index (χ3n) is 3.75. The zero-order chi connectivity index (χ0) is 12.1. The van der Waals surface area contributed by atoms with Crippen molar-refractivity contribution in [2.45, 2.75) is 39.2 Å². The van der Waals surface area contributed by atoms with Crippen LogP contribution in [0, 0.1) is 17.7 Å². The molecule has 2 atom stereocenters. The molecule has 0 saturated heterocycles. The highest BCUT2D eigenvalue weighted by Gasteiger charge is 2.18. The fourth-order valence-corrected chi connectivity index (χ4v) is 2.80. The summed E-state index contributed by atoms with van der Waals surface area (Å²) < 4.78 is 13.4. The van der Waals surface area contributed by atoms with Crippen LogP contribution in [-0.4, -0.2) is 6.54 Å². The second-order valence-corrected chi connectivity index (χ2v) is 5.36. The standard InChI is InChI=1S/C15H22FN/c1-12-5-4-6-13(9-12)10-17-11-14-7-2-3-8-15(14)16/h2-3,7-8,12-13,17H,4-6,9-11H2,1H3. The first-order valence-corrected chi connectivity index (χ1v) is 6.70. The Balaban J connectivity index is 1.74. The monoisotopic (exact) mass is 235 g/mol. The summed E-state index contributed by atoms with van der Waals surface area (Å²) in [6.45, 7) is 4.01. The molecule has 1 aromatic carbocycles. The summed E-state index contributed by atoms with van der Waals surface area (Å²) in [5.41, 5.74) is 0.774. The second kappa shape index (κ2) is 6.15. The van der Waals surface area contributed by atoms with Gasteiger partial charge in [0.25, 0.3) is 0 Å². The van der Waals surface area contributed by atoms with Crippen molar-refractivity contribution in [1.29, 1.82) is 0 Å². The number of hydrogen-bond donors (Lipinski definition) is 1. The van der Waals surface area contributed by atoms with Gasteiger partial charge in [0.05, 0.1) is 0 Å². The molecule has 2 heteroatoms. The molecule has 1 fully saturated rings. The van der Waals surface area contributed by atoms with Gasteiger partial charge < -0.3 is 5.32 Å². The quantitative estimate of drug-likeness (QED) is 0.838. The van der Waals surface area contributed by atoms with Gasteiger partial charge in [-0.25, -0.2) is 4.39 Å². The van der Waals surface area contributed by atoms with Crippen LogP contribution in [0.25, 0.3) is 0 Å². The Morgan fingerprint density at radius 2 is 2.12 bits per heavy atom. The van der Waals surface area contributed by atoms with Crippen molar-refractivity contribution < 1.29 is 4.39 Å². The summed E-state index contributed by atoms with van der Waals surface area (Å²) in [4.78, 5) is 0. The number of rotatable bonds is 4. The van der Waals surface area contributed by atoms with E-state index >= 15 is 0 Å². The lowest BCUT2D eigenvalue weighted by Gasteiger charge is -2.26. The average molecular weight is 235 g/mol. The maximum Gasteiger partial charge on any atom is 0.127 e. The van der Waals surface area contributed by atoms with E-state index in [1.54, 1.807) is 6.07 Å². The number of benzene rings is 1. The molecule has 0 radical (unpaired) electrons. The molecule has 0 bridgehead atoms. The van der Waals surface area contributed by atoms with Crippen molar-refractivity contribution in [1.82, 2.24) is 5.32 Å². The number of halogens is 1. The first-order chi connectivity index (χ1) is 8.25. The third kappa shape index (κ3) is 3.81. The van der Waals surface area contributed by atoms with E-state index in [0.29, 0.717) is 6.54 Å². The summed E-state index contributed by atoms with van der Waals surface area (Å²) in [5, 5.41) is 3.39. The average Bonchev–Trinajstić information content (AvgIpc) is 2.32. The van der Waals surface area contributed by atoms with Gasteiger partial charge in [0.2, 0.25) is 0 Å². The molecule has 2 unspecified atom stereocenters. The van der Waals surface area contributed by atoms with E-state index in [0.717, 1.165) is 23.9 Å². The highest BCUT2D eigenvalue weighted by atomic mass is 19.1. The first kappa shape index (κ1) is 12.6. The topological polar surface area (TPSA) is 12.0 Å². The minimum Gasteiger partial charge on any atom is -0.312 e. The van der Waals surface area contributed by atoms with Crippen molar-refractivity contribution in [3.63, 3.8) is 0 Å². The predicted octanol–water partition coefficient (Wildman–Crippen LogP) is 3.74. The molecule has 1 nitrogen and oxygen atoms in total. The zero-order valence-electron chi connectivity index (χ0n) is 10.6. The molecule has 1 saturated carbocycles. The van der Waals surface area contributed by atoms with Crippen LogP contribution < -0.4 is 5.32 Å². The maximum absolute atomic E-state index is 13.4. The van der Waals surface area contributed by atoms with E-state index < -0.39 is 0 Å². The minimum absolute atomic E-state index is 0.1000. The maximum atomic E-state index is 13.4. The van der Waals surface area contributed by atoms with E-state index in [1.165, 1.54) is 31.7 Å². The summed E-state index contributed by atoms with van der Waals surface area (Å²) in [6.07, 6.45) is 5.38. The van der Waals surface area contributed by atoms with Crippen LogP contribution >= 0.6 is 0 Å². The summed E-state index contributed by atoms with van der Waals surface area (Å²) in [7, 11) is 0. The lowest BCUT2D eigenvalue weighted by Crippen LogP contribution is -2.26. The highest BCUT2D eigenvalue weighted by molar-refractivity contribution is 5.16. The molecule has 0 amide bonds. The van der Waals surface area contributed by atoms with Gasteiger partial charge in [-0.05, 0) is 37.3 Å². The molecule has 1 aliphatic rings. The van der Waals surface area contributed by atoms with Crippen molar-refractivity contribution in [2.24, 2.45) is 11.8 Å². The Morgan fingerprint density at radius 3 is 2.88 bits per heavy atom. The Bertz CT molecular complexity index is 351. The molecule has 2 rings (SSSR count). The lowest BCUT2D eigenvalue weighted by molar-refractivity contribution is 0.274. The van der Waals surface area contributed by atoms with Crippen LogP contribution in [0.15, 0.2) is 24.3 Å². The number of hydrogen-bond acceptors (Lipinski definition) is 1. The molecule has 0 aromatic heterocycles. The largest absolute Gasteiger partial charge is 0.312 e. The highest BCUT2D eigenvalue weighted by Crippen LogP contribution is 2.27. The molecular weight excluding hydrogens is 213 g/mol. The van der Waals surface area contributed by atoms with Gasteiger partial charge in [0.1, 0.15) is 5.82 Å². The molecule has 1 aromatic rings. The Morgan fingerprint density at radius 1 is 1.29 bits per heavy atom. The van der Waals surface area contributed by atoms with Crippen LogP contribution in [-0.2, 0) is 6.54 Å². The van der Waals surface area contributed by atoms with Gasteiger partial charge in [-0.15, -0.1) is 0 Å². The van der Waals surface area contributed by atoms with Crippen molar-refractivity contribution in [3.05, 3.63) is 35.6 Å². The van der Waals surface area contributed by atoms with Crippen molar-refractivity contribution in [3.8, 4) is 0 Å². The van der Waals surface area contributed by atoms with Crippen LogP contribution in [0.2, 0.25) is 0 Å². The molecule has 1 N–H and O–H groups in total. The molecular formula is C15H22FN. The van der Waals surface area contributed by atoms with Crippen LogP contribution in [0.1, 0.15) is 38.2 Å².